The van der Waals surface area contributed by atoms with Gasteiger partial charge in [-0.3, -0.25) is 4.79 Å². The molecular formula is C16H22Cl2N2O. The van der Waals surface area contributed by atoms with E-state index in [2.05, 4.69) is 17.6 Å². The Hall–Kier alpha value is -0.770. The van der Waals surface area contributed by atoms with Crippen LogP contribution in [0.5, 0.6) is 0 Å². The molecule has 116 valence electrons. The third kappa shape index (κ3) is 4.60. The summed E-state index contributed by atoms with van der Waals surface area (Å²) in [4.78, 5) is 12.5. The highest BCUT2D eigenvalue weighted by atomic mass is 35.5. The topological polar surface area (TPSA) is 41.1 Å². The van der Waals surface area contributed by atoms with Crippen LogP contribution >= 0.6 is 23.2 Å². The molecule has 1 fully saturated rings. The molecule has 1 aliphatic rings. The molecule has 1 unspecified atom stereocenters. The molecule has 3 nitrogen and oxygen atoms in total. The van der Waals surface area contributed by atoms with Crippen LogP contribution in [0, 0.1) is 11.8 Å². The lowest BCUT2D eigenvalue weighted by Crippen LogP contribution is -2.35. The zero-order chi connectivity index (χ0) is 15.2. The molecule has 21 heavy (non-hydrogen) atoms. The van der Waals surface area contributed by atoms with E-state index in [1.165, 1.54) is 0 Å². The number of rotatable bonds is 6. The van der Waals surface area contributed by atoms with Crippen LogP contribution in [0.3, 0.4) is 0 Å². The van der Waals surface area contributed by atoms with Crippen molar-refractivity contribution in [2.24, 2.45) is 11.8 Å². The predicted octanol–water partition coefficient (Wildman–Crippen LogP) is 3.64. The van der Waals surface area contributed by atoms with E-state index in [0.29, 0.717) is 22.5 Å². The van der Waals surface area contributed by atoms with Gasteiger partial charge >= 0.3 is 0 Å². The summed E-state index contributed by atoms with van der Waals surface area (Å²) in [5, 5.41) is 7.57. The van der Waals surface area contributed by atoms with Gasteiger partial charge in [0.05, 0.1) is 0 Å². The smallest absolute Gasteiger partial charge is 0.223 e. The maximum atomic E-state index is 12.5. The number of benzene rings is 1. The van der Waals surface area contributed by atoms with Crippen LogP contribution in [0.15, 0.2) is 18.2 Å². The summed E-state index contributed by atoms with van der Waals surface area (Å²) in [5.74, 6) is 0.679. The molecule has 0 aromatic heterocycles. The Labute approximate surface area is 136 Å². The average Bonchev–Trinajstić information content (AvgIpc) is 2.97. The number of amides is 1. The molecule has 0 spiro atoms. The van der Waals surface area contributed by atoms with E-state index >= 15 is 0 Å². The molecule has 2 N–H and O–H groups in total. The average molecular weight is 329 g/mol. The molecule has 1 aromatic rings. The first kappa shape index (κ1) is 16.6. The van der Waals surface area contributed by atoms with Gasteiger partial charge in [0.2, 0.25) is 5.91 Å². The van der Waals surface area contributed by atoms with Gasteiger partial charge in [-0.1, -0.05) is 42.6 Å². The quantitative estimate of drug-likeness (QED) is 0.837. The standard InChI is InChI=1S/C16H22Cl2N2O/c1-2-3-14(11-6-7-19-9-11)16(21)20-10-12-4-5-13(17)8-15(12)18/h4-5,8,11,14,19H,2-3,6-7,9-10H2,1H3,(H,20,21)/t11-,14?/m1/s1. The largest absolute Gasteiger partial charge is 0.352 e. The molecule has 0 aliphatic carbocycles. The second-order valence-electron chi connectivity index (χ2n) is 5.60. The van der Waals surface area contributed by atoms with Gasteiger partial charge in [0.15, 0.2) is 0 Å². The summed E-state index contributed by atoms with van der Waals surface area (Å²) < 4.78 is 0. The van der Waals surface area contributed by atoms with E-state index < -0.39 is 0 Å². The molecule has 2 atom stereocenters. The first-order valence-electron chi connectivity index (χ1n) is 7.54. The van der Waals surface area contributed by atoms with E-state index in [0.717, 1.165) is 37.9 Å². The van der Waals surface area contributed by atoms with E-state index in [1.54, 1.807) is 12.1 Å². The van der Waals surface area contributed by atoms with Crippen molar-refractivity contribution < 1.29 is 4.79 Å². The third-order valence-corrected chi connectivity index (χ3v) is 4.66. The normalized spacial score (nSPS) is 19.5. The molecule has 1 aromatic carbocycles. The van der Waals surface area contributed by atoms with Crippen LogP contribution in [0.2, 0.25) is 10.0 Å². The molecular weight excluding hydrogens is 307 g/mol. The molecule has 0 radical (unpaired) electrons. The van der Waals surface area contributed by atoms with Crippen molar-refractivity contribution in [1.29, 1.82) is 0 Å². The number of nitrogens with one attached hydrogen (secondary N) is 2. The van der Waals surface area contributed by atoms with Gasteiger partial charge in [-0.2, -0.15) is 0 Å². The Morgan fingerprint density at radius 3 is 2.90 bits per heavy atom. The van der Waals surface area contributed by atoms with E-state index in [9.17, 15) is 4.79 Å². The fourth-order valence-corrected chi connectivity index (χ4v) is 3.37. The highest BCUT2D eigenvalue weighted by Crippen LogP contribution is 2.25. The lowest BCUT2D eigenvalue weighted by Gasteiger charge is -2.22. The predicted molar refractivity (Wildman–Crippen MR) is 87.7 cm³/mol. The van der Waals surface area contributed by atoms with Crippen LogP contribution in [0.25, 0.3) is 0 Å². The van der Waals surface area contributed by atoms with Crippen LogP contribution in [0.1, 0.15) is 31.7 Å². The number of hydrogen-bond donors (Lipinski definition) is 2. The highest BCUT2D eigenvalue weighted by Gasteiger charge is 2.29. The van der Waals surface area contributed by atoms with Gasteiger partial charge in [0.25, 0.3) is 0 Å². The molecule has 0 bridgehead atoms. The molecule has 1 aliphatic heterocycles. The van der Waals surface area contributed by atoms with Crippen molar-refractivity contribution in [2.45, 2.75) is 32.7 Å². The van der Waals surface area contributed by atoms with Crippen LogP contribution in [0.4, 0.5) is 0 Å². The van der Waals surface area contributed by atoms with Crippen LogP contribution in [-0.2, 0) is 11.3 Å². The summed E-state index contributed by atoms with van der Waals surface area (Å²) in [6.45, 7) is 4.54. The van der Waals surface area contributed by atoms with E-state index in [4.69, 9.17) is 23.2 Å². The Balaban J connectivity index is 1.95. The van der Waals surface area contributed by atoms with Gasteiger partial charge in [-0.15, -0.1) is 0 Å². The maximum Gasteiger partial charge on any atom is 0.223 e. The fraction of sp³-hybridized carbons (Fsp3) is 0.562. The molecule has 5 heteroatoms. The van der Waals surface area contributed by atoms with Crippen molar-refractivity contribution in [3.05, 3.63) is 33.8 Å². The van der Waals surface area contributed by atoms with Gasteiger partial charge in [-0.05, 0) is 49.5 Å². The Bertz CT molecular complexity index is 487. The number of halogens is 2. The number of hydrogen-bond acceptors (Lipinski definition) is 2. The van der Waals surface area contributed by atoms with Crippen LogP contribution in [-0.4, -0.2) is 19.0 Å². The van der Waals surface area contributed by atoms with Gasteiger partial charge < -0.3 is 10.6 Å². The maximum absolute atomic E-state index is 12.5. The molecule has 1 heterocycles. The monoisotopic (exact) mass is 328 g/mol. The van der Waals surface area contributed by atoms with Crippen LogP contribution < -0.4 is 10.6 Å². The summed E-state index contributed by atoms with van der Waals surface area (Å²) in [6.07, 6.45) is 3.04. The first-order chi connectivity index (χ1) is 10.1. The first-order valence-corrected chi connectivity index (χ1v) is 8.29. The van der Waals surface area contributed by atoms with Crippen molar-refractivity contribution in [1.82, 2.24) is 10.6 Å². The van der Waals surface area contributed by atoms with Crippen molar-refractivity contribution in [3.8, 4) is 0 Å². The summed E-state index contributed by atoms with van der Waals surface area (Å²) in [5.41, 5.74) is 0.897. The zero-order valence-electron chi connectivity index (χ0n) is 12.3. The summed E-state index contributed by atoms with van der Waals surface area (Å²) in [6, 6.07) is 5.35. The van der Waals surface area contributed by atoms with E-state index in [-0.39, 0.29) is 11.8 Å². The summed E-state index contributed by atoms with van der Waals surface area (Å²) >= 11 is 12.0. The molecule has 1 amide bonds. The fourth-order valence-electron chi connectivity index (χ4n) is 2.89. The second kappa shape index (κ2) is 8.02. The Morgan fingerprint density at radius 1 is 1.48 bits per heavy atom. The Morgan fingerprint density at radius 2 is 2.29 bits per heavy atom. The van der Waals surface area contributed by atoms with Gasteiger partial charge in [0, 0.05) is 22.5 Å². The molecule has 1 saturated heterocycles. The SMILES string of the molecule is CCCC(C(=O)NCc1ccc(Cl)cc1Cl)[C@@H]1CCNC1. The van der Waals surface area contributed by atoms with Crippen molar-refractivity contribution in [2.75, 3.05) is 13.1 Å². The van der Waals surface area contributed by atoms with Gasteiger partial charge in [0.1, 0.15) is 0 Å². The highest BCUT2D eigenvalue weighted by molar-refractivity contribution is 6.35. The third-order valence-electron chi connectivity index (χ3n) is 4.07. The lowest BCUT2D eigenvalue weighted by molar-refractivity contribution is -0.126. The van der Waals surface area contributed by atoms with E-state index in [1.807, 2.05) is 6.07 Å². The minimum Gasteiger partial charge on any atom is -0.352 e. The minimum atomic E-state index is 0.0936. The molecule has 0 saturated carbocycles. The molecule has 2 rings (SSSR count). The summed E-state index contributed by atoms with van der Waals surface area (Å²) in [7, 11) is 0. The lowest BCUT2D eigenvalue weighted by atomic mass is 9.87. The van der Waals surface area contributed by atoms with Crippen molar-refractivity contribution in [3.63, 3.8) is 0 Å². The van der Waals surface area contributed by atoms with Gasteiger partial charge in [-0.25, -0.2) is 0 Å². The van der Waals surface area contributed by atoms with Crippen molar-refractivity contribution >= 4 is 29.1 Å². The minimum absolute atomic E-state index is 0.0936. The number of carbonyl (C=O) groups excluding carboxylic acids is 1. The number of carbonyl (C=O) groups is 1. The zero-order valence-corrected chi connectivity index (χ0v) is 13.8. The second-order valence-corrected chi connectivity index (χ2v) is 6.45. The Kier molecular flexibility index (Phi) is 6.34.